The lowest BCUT2D eigenvalue weighted by Gasteiger charge is -2.11. The Morgan fingerprint density at radius 1 is 1.30 bits per heavy atom. The maximum atomic E-state index is 12.8. The Bertz CT molecular complexity index is 1070. The van der Waals surface area contributed by atoms with Crippen molar-refractivity contribution >= 4 is 5.91 Å². The molecular weight excluding hydrogens is 380 g/mol. The van der Waals surface area contributed by atoms with Crippen LogP contribution in [-0.4, -0.2) is 39.4 Å². The zero-order valence-corrected chi connectivity index (χ0v) is 17.4. The highest BCUT2D eigenvalue weighted by atomic mass is 16.5. The van der Waals surface area contributed by atoms with E-state index in [-0.39, 0.29) is 18.1 Å². The smallest absolute Gasteiger partial charge is 0.287 e. The van der Waals surface area contributed by atoms with Gasteiger partial charge >= 0.3 is 0 Å². The van der Waals surface area contributed by atoms with Gasteiger partial charge < -0.3 is 14.5 Å². The summed E-state index contributed by atoms with van der Waals surface area (Å²) in [6, 6.07) is 5.88. The van der Waals surface area contributed by atoms with Crippen molar-refractivity contribution in [1.29, 1.82) is 0 Å². The number of nitrogens with one attached hydrogen (secondary N) is 1. The van der Waals surface area contributed by atoms with Crippen LogP contribution >= 0.6 is 0 Å². The van der Waals surface area contributed by atoms with E-state index in [9.17, 15) is 4.79 Å². The number of ether oxygens (including phenoxy) is 1. The fraction of sp³-hybridized carbons (Fsp3) is 0.435. The summed E-state index contributed by atoms with van der Waals surface area (Å²) in [5, 5.41) is 7.78. The molecule has 1 saturated heterocycles. The fourth-order valence-electron chi connectivity index (χ4n) is 4.44. The van der Waals surface area contributed by atoms with E-state index in [1.165, 1.54) is 5.56 Å². The molecular formula is C23H26N4O3. The summed E-state index contributed by atoms with van der Waals surface area (Å²) >= 11 is 0. The van der Waals surface area contributed by atoms with E-state index < -0.39 is 0 Å². The number of aromatic nitrogens is 3. The second kappa shape index (κ2) is 7.72. The van der Waals surface area contributed by atoms with Crippen molar-refractivity contribution in [2.75, 3.05) is 6.54 Å². The number of carbonyl (C=O) groups is 1. The molecule has 0 bridgehead atoms. The van der Waals surface area contributed by atoms with Gasteiger partial charge in [0.1, 0.15) is 5.76 Å². The van der Waals surface area contributed by atoms with Crippen molar-refractivity contribution in [3.05, 3.63) is 58.9 Å². The molecule has 0 spiro atoms. The summed E-state index contributed by atoms with van der Waals surface area (Å²) in [5.74, 6) is 1.05. The van der Waals surface area contributed by atoms with Crippen LogP contribution in [0, 0.1) is 6.92 Å². The Kier molecular flexibility index (Phi) is 4.90. The molecule has 0 aromatic carbocycles. The van der Waals surface area contributed by atoms with Crippen molar-refractivity contribution in [3.8, 4) is 11.3 Å². The van der Waals surface area contributed by atoms with E-state index in [2.05, 4.69) is 23.4 Å². The van der Waals surface area contributed by atoms with Crippen molar-refractivity contribution in [3.63, 3.8) is 0 Å². The number of carbonyl (C=O) groups excluding carboxylic acids is 1. The zero-order chi connectivity index (χ0) is 20.7. The quantitative estimate of drug-likeness (QED) is 0.703. The Morgan fingerprint density at radius 3 is 2.97 bits per heavy atom. The van der Waals surface area contributed by atoms with Crippen LogP contribution in [0.15, 0.2) is 35.0 Å². The van der Waals surface area contributed by atoms with E-state index in [1.54, 1.807) is 6.20 Å². The minimum absolute atomic E-state index is 0.0859. The van der Waals surface area contributed by atoms with Crippen molar-refractivity contribution in [1.82, 2.24) is 20.1 Å². The molecule has 1 N–H and O–H groups in total. The van der Waals surface area contributed by atoms with Crippen LogP contribution in [0.25, 0.3) is 11.3 Å². The maximum absolute atomic E-state index is 12.8. The van der Waals surface area contributed by atoms with Gasteiger partial charge in [0.05, 0.1) is 30.1 Å². The van der Waals surface area contributed by atoms with Crippen LogP contribution in [0.4, 0.5) is 0 Å². The number of nitrogens with zero attached hydrogens (tertiary/aromatic N) is 3. The van der Waals surface area contributed by atoms with Gasteiger partial charge in [-0.2, -0.15) is 5.10 Å². The van der Waals surface area contributed by atoms with E-state index >= 15 is 0 Å². The van der Waals surface area contributed by atoms with Crippen LogP contribution in [0.1, 0.15) is 52.9 Å². The second-order valence-corrected chi connectivity index (χ2v) is 8.23. The standard InChI is InChI=1S/C23H26N4O3/c1-14-6-8-18(29-14)11-25-23(28)22-15(2)20-19(30-22)9-7-16-12-27(26-21(16)20)13-17-5-3-4-10-24-17/h3-5,10,12,14,18H,6-9,11,13H2,1-2H3,(H,25,28). The number of amides is 1. The van der Waals surface area contributed by atoms with E-state index in [1.807, 2.05) is 29.8 Å². The number of aryl methyl sites for hydroxylation is 2. The van der Waals surface area contributed by atoms with Crippen molar-refractivity contribution in [2.24, 2.45) is 0 Å². The van der Waals surface area contributed by atoms with E-state index in [4.69, 9.17) is 14.3 Å². The molecule has 0 saturated carbocycles. The van der Waals surface area contributed by atoms with Crippen LogP contribution < -0.4 is 5.32 Å². The zero-order valence-electron chi connectivity index (χ0n) is 17.4. The van der Waals surface area contributed by atoms with Gasteiger partial charge in [-0.25, -0.2) is 0 Å². The third-order valence-electron chi connectivity index (χ3n) is 5.98. The molecule has 1 fully saturated rings. The highest BCUT2D eigenvalue weighted by Gasteiger charge is 2.30. The van der Waals surface area contributed by atoms with E-state index in [0.717, 1.165) is 54.0 Å². The first-order valence-corrected chi connectivity index (χ1v) is 10.6. The topological polar surface area (TPSA) is 82.2 Å². The van der Waals surface area contributed by atoms with Gasteiger partial charge in [0.15, 0.2) is 5.76 Å². The highest BCUT2D eigenvalue weighted by molar-refractivity contribution is 5.95. The normalized spacial score (nSPS) is 20.1. The van der Waals surface area contributed by atoms with Gasteiger partial charge in [-0.05, 0) is 50.8 Å². The molecule has 30 heavy (non-hydrogen) atoms. The van der Waals surface area contributed by atoms with Gasteiger partial charge in [-0.1, -0.05) is 6.07 Å². The van der Waals surface area contributed by atoms with Gasteiger partial charge in [0.2, 0.25) is 0 Å². The molecule has 7 heteroatoms. The Morgan fingerprint density at radius 2 is 2.20 bits per heavy atom. The molecule has 156 valence electrons. The lowest BCUT2D eigenvalue weighted by atomic mass is 9.93. The molecule has 2 unspecified atom stereocenters. The minimum atomic E-state index is -0.181. The Balaban J connectivity index is 1.36. The van der Waals surface area contributed by atoms with Crippen molar-refractivity contribution < 1.29 is 13.9 Å². The SMILES string of the molecule is Cc1c(C(=O)NCC2CCC(C)O2)oc2c1-c1nn(Cc3ccccn3)cc1CC2. The molecule has 1 aliphatic carbocycles. The lowest BCUT2D eigenvalue weighted by Crippen LogP contribution is -2.32. The predicted molar refractivity (Wildman–Crippen MR) is 111 cm³/mol. The second-order valence-electron chi connectivity index (χ2n) is 8.23. The Hall–Kier alpha value is -2.93. The molecule has 4 heterocycles. The fourth-order valence-corrected chi connectivity index (χ4v) is 4.44. The lowest BCUT2D eigenvalue weighted by molar-refractivity contribution is 0.0531. The molecule has 1 amide bonds. The van der Waals surface area contributed by atoms with E-state index in [0.29, 0.717) is 18.8 Å². The highest BCUT2D eigenvalue weighted by Crippen LogP contribution is 2.38. The summed E-state index contributed by atoms with van der Waals surface area (Å²) in [6.07, 6.45) is 7.87. The maximum Gasteiger partial charge on any atom is 0.287 e. The number of fused-ring (bicyclic) bond motifs is 3. The first-order chi connectivity index (χ1) is 14.6. The third kappa shape index (κ3) is 3.54. The number of hydrogen-bond donors (Lipinski definition) is 1. The average Bonchev–Trinajstić information content (AvgIpc) is 3.43. The van der Waals surface area contributed by atoms with Crippen LogP contribution in [0.3, 0.4) is 0 Å². The first kappa shape index (κ1) is 19.1. The number of furan rings is 1. The number of rotatable bonds is 5. The van der Waals surface area contributed by atoms with Crippen LogP contribution in [0.2, 0.25) is 0 Å². The molecule has 3 aromatic rings. The summed E-state index contributed by atoms with van der Waals surface area (Å²) in [7, 11) is 0. The number of hydrogen-bond acceptors (Lipinski definition) is 5. The number of pyridine rings is 1. The molecule has 2 atom stereocenters. The molecule has 1 aliphatic heterocycles. The van der Waals surface area contributed by atoms with Gasteiger partial charge in [0.25, 0.3) is 5.91 Å². The minimum Gasteiger partial charge on any atom is -0.455 e. The van der Waals surface area contributed by atoms with Gasteiger partial charge in [0, 0.05) is 36.5 Å². The average molecular weight is 406 g/mol. The summed E-state index contributed by atoms with van der Waals surface area (Å²) in [5.41, 5.74) is 4.88. The molecule has 7 nitrogen and oxygen atoms in total. The largest absolute Gasteiger partial charge is 0.455 e. The molecule has 0 radical (unpaired) electrons. The molecule has 2 aliphatic rings. The summed E-state index contributed by atoms with van der Waals surface area (Å²) in [4.78, 5) is 17.2. The summed E-state index contributed by atoms with van der Waals surface area (Å²) < 4.78 is 13.7. The van der Waals surface area contributed by atoms with Gasteiger partial charge in [-0.3, -0.25) is 14.5 Å². The van der Waals surface area contributed by atoms with Crippen molar-refractivity contribution in [2.45, 2.75) is 58.3 Å². The summed E-state index contributed by atoms with van der Waals surface area (Å²) in [6.45, 7) is 5.14. The molecule has 5 rings (SSSR count). The molecule has 3 aromatic heterocycles. The van der Waals surface area contributed by atoms with Crippen LogP contribution in [0.5, 0.6) is 0 Å². The monoisotopic (exact) mass is 406 g/mol. The Labute approximate surface area is 175 Å². The first-order valence-electron chi connectivity index (χ1n) is 10.6. The predicted octanol–water partition coefficient (Wildman–Crippen LogP) is 3.29. The van der Waals surface area contributed by atoms with Gasteiger partial charge in [-0.15, -0.1) is 0 Å². The van der Waals surface area contributed by atoms with Crippen LogP contribution in [-0.2, 0) is 24.1 Å². The third-order valence-corrected chi connectivity index (χ3v) is 5.98.